The van der Waals surface area contributed by atoms with Gasteiger partial charge in [-0.2, -0.15) is 0 Å². The Kier molecular flexibility index (Phi) is 5.00. The summed E-state index contributed by atoms with van der Waals surface area (Å²) in [7, 11) is 0. The first-order chi connectivity index (χ1) is 8.75. The van der Waals surface area contributed by atoms with Gasteiger partial charge in [0.25, 0.3) is 0 Å². The maximum Gasteiger partial charge on any atom is 0.142 e. The molecule has 0 atom stereocenters. The molecule has 18 heavy (non-hydrogen) atoms. The lowest BCUT2D eigenvalue weighted by Gasteiger charge is -2.16. The molecule has 0 amide bonds. The number of hydrogen-bond donors (Lipinski definition) is 1. The monoisotopic (exact) mass is 248 g/mol. The molecule has 1 N–H and O–H groups in total. The topological polar surface area (TPSA) is 34.2 Å². The summed E-state index contributed by atoms with van der Waals surface area (Å²) in [5, 5.41) is 3.46. The van der Waals surface area contributed by atoms with Gasteiger partial charge >= 0.3 is 0 Å². The third-order valence-corrected chi connectivity index (χ3v) is 3.33. The van der Waals surface area contributed by atoms with Gasteiger partial charge in [0.2, 0.25) is 0 Å². The Morgan fingerprint density at radius 3 is 2.89 bits per heavy atom. The lowest BCUT2D eigenvalue weighted by molar-refractivity contribution is 0.206. The van der Waals surface area contributed by atoms with E-state index in [4.69, 9.17) is 4.74 Å². The molecule has 1 heterocycles. The van der Waals surface area contributed by atoms with Crippen molar-refractivity contribution in [2.45, 2.75) is 52.2 Å². The van der Waals surface area contributed by atoms with Crippen molar-refractivity contribution in [2.24, 2.45) is 5.92 Å². The van der Waals surface area contributed by atoms with Gasteiger partial charge in [-0.3, -0.25) is 4.98 Å². The minimum absolute atomic E-state index is 0.401. The van der Waals surface area contributed by atoms with E-state index in [9.17, 15) is 0 Å². The number of pyridine rings is 1. The van der Waals surface area contributed by atoms with Gasteiger partial charge in [0, 0.05) is 18.3 Å². The molecule has 2 rings (SSSR count). The zero-order chi connectivity index (χ0) is 12.8. The summed E-state index contributed by atoms with van der Waals surface area (Å²) in [6.07, 6.45) is 9.07. The van der Waals surface area contributed by atoms with Crippen LogP contribution in [0.3, 0.4) is 0 Å². The van der Waals surface area contributed by atoms with Crippen molar-refractivity contribution in [1.29, 1.82) is 0 Å². The maximum absolute atomic E-state index is 6.06. The van der Waals surface area contributed by atoms with Gasteiger partial charge < -0.3 is 10.1 Å². The molecule has 0 aromatic carbocycles. The average molecular weight is 248 g/mol. The first-order valence-electron chi connectivity index (χ1n) is 7.06. The Bertz CT molecular complexity index is 359. The molecule has 1 fully saturated rings. The van der Waals surface area contributed by atoms with E-state index < -0.39 is 0 Å². The van der Waals surface area contributed by atoms with E-state index in [0.717, 1.165) is 18.8 Å². The lowest BCUT2D eigenvalue weighted by atomic mass is 10.2. The van der Waals surface area contributed by atoms with Crippen molar-refractivity contribution in [1.82, 2.24) is 10.3 Å². The molecular formula is C15H24N2O. The summed E-state index contributed by atoms with van der Waals surface area (Å²) in [4.78, 5) is 4.18. The molecular weight excluding hydrogens is 224 g/mol. The number of ether oxygens (including phenoxy) is 1. The first kappa shape index (κ1) is 13.3. The van der Waals surface area contributed by atoms with Crippen LogP contribution in [0.25, 0.3) is 0 Å². The zero-order valence-electron chi connectivity index (χ0n) is 11.5. The second-order valence-electron chi connectivity index (χ2n) is 5.53. The number of hydrogen-bond acceptors (Lipinski definition) is 3. The van der Waals surface area contributed by atoms with Crippen LogP contribution in [0.15, 0.2) is 18.5 Å². The Morgan fingerprint density at radius 2 is 2.17 bits per heavy atom. The van der Waals surface area contributed by atoms with E-state index >= 15 is 0 Å². The summed E-state index contributed by atoms with van der Waals surface area (Å²) in [5.41, 5.74) is 1.22. The summed E-state index contributed by atoms with van der Waals surface area (Å²) < 4.78 is 6.06. The van der Waals surface area contributed by atoms with Crippen molar-refractivity contribution in [3.8, 4) is 5.75 Å². The molecule has 100 valence electrons. The summed E-state index contributed by atoms with van der Waals surface area (Å²) in [6.45, 7) is 6.33. The van der Waals surface area contributed by atoms with E-state index in [2.05, 4.69) is 30.2 Å². The highest BCUT2D eigenvalue weighted by atomic mass is 16.5. The summed E-state index contributed by atoms with van der Waals surface area (Å²) >= 11 is 0. The zero-order valence-corrected chi connectivity index (χ0v) is 11.5. The van der Waals surface area contributed by atoms with Crippen LogP contribution in [0.5, 0.6) is 5.75 Å². The number of nitrogens with one attached hydrogen (secondary N) is 1. The number of aromatic nitrogens is 1. The third kappa shape index (κ3) is 3.98. The van der Waals surface area contributed by atoms with Crippen LogP contribution in [0.4, 0.5) is 0 Å². The molecule has 3 heteroatoms. The Hall–Kier alpha value is -1.09. The van der Waals surface area contributed by atoms with E-state index in [0.29, 0.717) is 12.0 Å². The number of rotatable bonds is 6. The smallest absolute Gasteiger partial charge is 0.142 e. The molecule has 0 spiro atoms. The van der Waals surface area contributed by atoms with Crippen LogP contribution >= 0.6 is 0 Å². The van der Waals surface area contributed by atoms with Gasteiger partial charge in [0.1, 0.15) is 5.75 Å². The van der Waals surface area contributed by atoms with Gasteiger partial charge in [-0.25, -0.2) is 0 Å². The van der Waals surface area contributed by atoms with Crippen LogP contribution in [0.2, 0.25) is 0 Å². The first-order valence-corrected chi connectivity index (χ1v) is 7.06. The average Bonchev–Trinajstić information content (AvgIpc) is 2.84. The Morgan fingerprint density at radius 1 is 1.39 bits per heavy atom. The van der Waals surface area contributed by atoms with Crippen molar-refractivity contribution in [3.63, 3.8) is 0 Å². The molecule has 3 nitrogen and oxygen atoms in total. The van der Waals surface area contributed by atoms with Crippen LogP contribution in [-0.4, -0.2) is 17.6 Å². The summed E-state index contributed by atoms with van der Waals surface area (Å²) in [6, 6.07) is 2.05. The van der Waals surface area contributed by atoms with Crippen molar-refractivity contribution < 1.29 is 4.74 Å². The largest absolute Gasteiger partial charge is 0.488 e. The standard InChI is InChI=1S/C15H24N2O/c1-12(2)9-17-10-13-7-8-16-11-15(13)18-14-5-3-4-6-14/h7-8,11-12,14,17H,3-6,9-10H2,1-2H3. The molecule has 1 saturated carbocycles. The van der Waals surface area contributed by atoms with E-state index in [-0.39, 0.29) is 0 Å². The van der Waals surface area contributed by atoms with Crippen LogP contribution in [-0.2, 0) is 6.54 Å². The highest BCUT2D eigenvalue weighted by Gasteiger charge is 2.17. The Balaban J connectivity index is 1.91. The molecule has 0 aliphatic heterocycles. The second kappa shape index (κ2) is 6.74. The molecule has 1 aliphatic carbocycles. The number of nitrogens with zero attached hydrogens (tertiary/aromatic N) is 1. The quantitative estimate of drug-likeness (QED) is 0.839. The van der Waals surface area contributed by atoms with E-state index in [1.807, 2.05) is 12.4 Å². The van der Waals surface area contributed by atoms with Crippen LogP contribution < -0.4 is 10.1 Å². The predicted octanol–water partition coefficient (Wildman–Crippen LogP) is 3.15. The fourth-order valence-electron chi connectivity index (χ4n) is 2.34. The molecule has 1 aromatic heterocycles. The maximum atomic E-state index is 6.06. The molecule has 0 saturated heterocycles. The minimum Gasteiger partial charge on any atom is -0.488 e. The SMILES string of the molecule is CC(C)CNCc1ccncc1OC1CCCC1. The van der Waals surface area contributed by atoms with E-state index in [1.165, 1.54) is 31.2 Å². The van der Waals surface area contributed by atoms with Gasteiger partial charge in [-0.15, -0.1) is 0 Å². The molecule has 1 aromatic rings. The van der Waals surface area contributed by atoms with Crippen molar-refractivity contribution >= 4 is 0 Å². The van der Waals surface area contributed by atoms with Crippen molar-refractivity contribution in [3.05, 3.63) is 24.0 Å². The predicted molar refractivity (Wildman–Crippen MR) is 73.7 cm³/mol. The fraction of sp³-hybridized carbons (Fsp3) is 0.667. The highest BCUT2D eigenvalue weighted by Crippen LogP contribution is 2.25. The second-order valence-corrected chi connectivity index (χ2v) is 5.53. The summed E-state index contributed by atoms with van der Waals surface area (Å²) in [5.74, 6) is 1.63. The van der Waals surface area contributed by atoms with Crippen molar-refractivity contribution in [2.75, 3.05) is 6.54 Å². The lowest BCUT2D eigenvalue weighted by Crippen LogP contribution is -2.20. The molecule has 0 unspecified atom stereocenters. The Labute approximate surface area is 110 Å². The molecule has 1 aliphatic rings. The van der Waals surface area contributed by atoms with Gasteiger partial charge in [-0.1, -0.05) is 13.8 Å². The van der Waals surface area contributed by atoms with Gasteiger partial charge in [-0.05, 0) is 44.2 Å². The van der Waals surface area contributed by atoms with Crippen LogP contribution in [0, 0.1) is 5.92 Å². The third-order valence-electron chi connectivity index (χ3n) is 3.33. The highest BCUT2D eigenvalue weighted by molar-refractivity contribution is 5.30. The van der Waals surface area contributed by atoms with E-state index in [1.54, 1.807) is 0 Å². The normalized spacial score (nSPS) is 16.4. The van der Waals surface area contributed by atoms with Gasteiger partial charge in [0.15, 0.2) is 0 Å². The van der Waals surface area contributed by atoms with Gasteiger partial charge in [0.05, 0.1) is 12.3 Å². The molecule has 0 radical (unpaired) electrons. The molecule has 0 bridgehead atoms. The van der Waals surface area contributed by atoms with Crippen LogP contribution in [0.1, 0.15) is 45.1 Å². The fourth-order valence-corrected chi connectivity index (χ4v) is 2.34. The minimum atomic E-state index is 0.401.